The van der Waals surface area contributed by atoms with Crippen molar-refractivity contribution in [1.82, 2.24) is 9.97 Å². The Kier molecular flexibility index (Phi) is 7.32. The summed E-state index contributed by atoms with van der Waals surface area (Å²) in [5, 5.41) is 0. The standard InChI is InChI=1S/C29H31BrN2OSi/c1-20-6-10-23(11-7-20)29(33-2)26-15-14-24(31-26)18-27-25(19-28(30)32-27)22-12-8-21(9-13-22)16-17-34(3,4)5/h6-15,19,29,31-32H,18H2,1-5H3. The maximum Gasteiger partial charge on any atom is 0.129 e. The third-order valence-corrected chi connectivity index (χ3v) is 6.98. The number of aromatic nitrogens is 2. The molecular weight excluding hydrogens is 500 g/mol. The smallest absolute Gasteiger partial charge is 0.129 e. The number of aryl methyl sites for hydroxylation is 1. The third kappa shape index (κ3) is 6.01. The highest BCUT2D eigenvalue weighted by Gasteiger charge is 2.17. The molecular formula is C29H31BrN2OSi. The Bertz CT molecular complexity index is 1320. The summed E-state index contributed by atoms with van der Waals surface area (Å²) in [5.74, 6) is 3.34. The van der Waals surface area contributed by atoms with E-state index in [0.717, 1.165) is 39.2 Å². The van der Waals surface area contributed by atoms with Gasteiger partial charge in [-0.25, -0.2) is 0 Å². The van der Waals surface area contributed by atoms with Crippen molar-refractivity contribution in [3.8, 4) is 22.6 Å². The zero-order chi connectivity index (χ0) is 24.3. The molecule has 0 aliphatic carbocycles. The van der Waals surface area contributed by atoms with Gasteiger partial charge in [0.15, 0.2) is 0 Å². The fourth-order valence-electron chi connectivity index (χ4n) is 3.94. The molecule has 0 amide bonds. The van der Waals surface area contributed by atoms with E-state index in [9.17, 15) is 0 Å². The Labute approximate surface area is 212 Å². The molecule has 34 heavy (non-hydrogen) atoms. The number of nitrogens with one attached hydrogen (secondary N) is 2. The van der Waals surface area contributed by atoms with Crippen molar-refractivity contribution >= 4 is 24.0 Å². The molecule has 2 aromatic carbocycles. The van der Waals surface area contributed by atoms with E-state index in [2.05, 4.69) is 131 Å². The molecule has 3 nitrogen and oxygen atoms in total. The van der Waals surface area contributed by atoms with Gasteiger partial charge < -0.3 is 14.7 Å². The lowest BCUT2D eigenvalue weighted by Crippen LogP contribution is -2.16. The van der Waals surface area contributed by atoms with E-state index in [1.54, 1.807) is 7.11 Å². The van der Waals surface area contributed by atoms with Crippen LogP contribution in [0.25, 0.3) is 11.1 Å². The summed E-state index contributed by atoms with van der Waals surface area (Å²) in [6, 6.07) is 23.4. The van der Waals surface area contributed by atoms with Crippen molar-refractivity contribution in [2.45, 2.75) is 39.1 Å². The molecule has 2 heterocycles. The summed E-state index contributed by atoms with van der Waals surface area (Å²) >= 11 is 3.63. The van der Waals surface area contributed by atoms with Gasteiger partial charge in [-0.3, -0.25) is 0 Å². The minimum absolute atomic E-state index is 0.117. The maximum atomic E-state index is 5.82. The number of H-pyrrole nitrogens is 2. The van der Waals surface area contributed by atoms with Crippen LogP contribution in [0.5, 0.6) is 0 Å². The number of methoxy groups -OCH3 is 1. The van der Waals surface area contributed by atoms with E-state index in [1.165, 1.54) is 16.7 Å². The van der Waals surface area contributed by atoms with Crippen LogP contribution in [0.2, 0.25) is 19.6 Å². The lowest BCUT2D eigenvalue weighted by atomic mass is 10.0. The fraction of sp³-hybridized carbons (Fsp3) is 0.241. The number of benzene rings is 2. The SMILES string of the molecule is COC(c1ccc(C)cc1)c1ccc(Cc2[nH]c(Br)cc2-c2ccc(C#C[Si](C)(C)C)cc2)[nH]1. The average Bonchev–Trinajstić information content (AvgIpc) is 3.40. The molecule has 1 atom stereocenters. The molecule has 4 aromatic rings. The molecule has 0 radical (unpaired) electrons. The lowest BCUT2D eigenvalue weighted by molar-refractivity contribution is 0.133. The van der Waals surface area contributed by atoms with Gasteiger partial charge in [-0.05, 0) is 64.3 Å². The van der Waals surface area contributed by atoms with Crippen molar-refractivity contribution in [1.29, 1.82) is 0 Å². The van der Waals surface area contributed by atoms with Crippen molar-refractivity contribution in [3.05, 3.63) is 105 Å². The van der Waals surface area contributed by atoms with Crippen LogP contribution in [0.15, 0.2) is 71.3 Å². The van der Waals surface area contributed by atoms with Crippen LogP contribution in [0, 0.1) is 18.4 Å². The Balaban J connectivity index is 1.56. The zero-order valence-corrected chi connectivity index (χ0v) is 23.0. The second-order valence-corrected chi connectivity index (χ2v) is 15.3. The van der Waals surface area contributed by atoms with Crippen LogP contribution in [0.3, 0.4) is 0 Å². The second-order valence-electron chi connectivity index (χ2n) is 9.73. The van der Waals surface area contributed by atoms with Gasteiger partial charge in [0.25, 0.3) is 0 Å². The van der Waals surface area contributed by atoms with E-state index in [1.807, 2.05) is 0 Å². The first-order chi connectivity index (χ1) is 16.2. The molecule has 0 saturated carbocycles. The van der Waals surface area contributed by atoms with Crippen molar-refractivity contribution in [2.24, 2.45) is 0 Å². The van der Waals surface area contributed by atoms with E-state index in [4.69, 9.17) is 4.74 Å². The topological polar surface area (TPSA) is 40.8 Å². The molecule has 2 N–H and O–H groups in total. The number of hydrogen-bond donors (Lipinski definition) is 2. The summed E-state index contributed by atoms with van der Waals surface area (Å²) in [6.45, 7) is 8.89. The van der Waals surface area contributed by atoms with Crippen molar-refractivity contribution in [3.63, 3.8) is 0 Å². The van der Waals surface area contributed by atoms with Crippen LogP contribution in [-0.2, 0) is 11.2 Å². The van der Waals surface area contributed by atoms with Crippen LogP contribution >= 0.6 is 15.9 Å². The minimum atomic E-state index is -1.38. The summed E-state index contributed by atoms with van der Waals surface area (Å²) in [4.78, 5) is 7.06. The van der Waals surface area contributed by atoms with E-state index in [-0.39, 0.29) is 6.10 Å². The van der Waals surface area contributed by atoms with Crippen LogP contribution in [-0.4, -0.2) is 25.2 Å². The molecule has 0 spiro atoms. The Hall–Kier alpha value is -2.78. The normalized spacial score (nSPS) is 12.3. The van der Waals surface area contributed by atoms with Crippen molar-refractivity contribution < 1.29 is 4.74 Å². The summed E-state index contributed by atoms with van der Waals surface area (Å²) in [5.41, 5.74) is 12.6. The molecule has 1 unspecified atom stereocenters. The van der Waals surface area contributed by atoms with Crippen LogP contribution in [0.4, 0.5) is 0 Å². The summed E-state index contributed by atoms with van der Waals surface area (Å²) < 4.78 is 6.79. The van der Waals surface area contributed by atoms with Gasteiger partial charge in [0.1, 0.15) is 14.2 Å². The fourth-order valence-corrected chi connectivity index (χ4v) is 4.93. The van der Waals surface area contributed by atoms with Crippen molar-refractivity contribution in [2.75, 3.05) is 7.11 Å². The Morgan fingerprint density at radius 3 is 2.29 bits per heavy atom. The minimum Gasteiger partial charge on any atom is -0.370 e. The second kappa shape index (κ2) is 10.2. The van der Waals surface area contributed by atoms with Gasteiger partial charge in [-0.1, -0.05) is 67.5 Å². The highest BCUT2D eigenvalue weighted by Crippen LogP contribution is 2.30. The first-order valence-corrected chi connectivity index (χ1v) is 15.8. The number of hydrogen-bond acceptors (Lipinski definition) is 1. The predicted octanol–water partition coefficient (Wildman–Crippen LogP) is 7.64. The lowest BCUT2D eigenvalue weighted by Gasteiger charge is -2.15. The largest absolute Gasteiger partial charge is 0.370 e. The molecule has 0 saturated heterocycles. The Morgan fingerprint density at radius 1 is 0.941 bits per heavy atom. The summed E-state index contributed by atoms with van der Waals surface area (Å²) in [7, 11) is 0.368. The molecule has 0 bridgehead atoms. The third-order valence-electron chi connectivity index (χ3n) is 5.68. The average molecular weight is 532 g/mol. The van der Waals surface area contributed by atoms with Gasteiger partial charge in [0, 0.05) is 41.7 Å². The molecule has 4 rings (SSSR count). The molecule has 5 heteroatoms. The van der Waals surface area contributed by atoms with E-state index >= 15 is 0 Å². The summed E-state index contributed by atoms with van der Waals surface area (Å²) in [6.07, 6.45) is 0.650. The number of rotatable bonds is 6. The predicted molar refractivity (Wildman–Crippen MR) is 148 cm³/mol. The van der Waals surface area contributed by atoms with Gasteiger partial charge in [-0.2, -0.15) is 0 Å². The molecule has 0 aliphatic rings. The van der Waals surface area contributed by atoms with Gasteiger partial charge in [-0.15, -0.1) is 5.54 Å². The number of halogens is 1. The quantitative estimate of drug-likeness (QED) is 0.195. The molecule has 2 aromatic heterocycles. The molecule has 174 valence electrons. The zero-order valence-electron chi connectivity index (χ0n) is 20.4. The molecule has 0 aliphatic heterocycles. The van der Waals surface area contributed by atoms with Crippen LogP contribution < -0.4 is 0 Å². The monoisotopic (exact) mass is 530 g/mol. The Morgan fingerprint density at radius 2 is 1.65 bits per heavy atom. The number of aromatic amines is 2. The highest BCUT2D eigenvalue weighted by molar-refractivity contribution is 9.10. The highest BCUT2D eigenvalue weighted by atomic mass is 79.9. The number of ether oxygens (including phenoxy) is 1. The maximum absolute atomic E-state index is 5.82. The van der Waals surface area contributed by atoms with Crippen LogP contribution in [0.1, 0.15) is 39.9 Å². The first kappa shape index (κ1) is 24.3. The van der Waals surface area contributed by atoms with E-state index in [0.29, 0.717) is 0 Å². The van der Waals surface area contributed by atoms with Gasteiger partial charge >= 0.3 is 0 Å². The molecule has 0 fully saturated rings. The van der Waals surface area contributed by atoms with Gasteiger partial charge in [0.05, 0.1) is 4.60 Å². The van der Waals surface area contributed by atoms with Gasteiger partial charge in [0.2, 0.25) is 0 Å². The van der Waals surface area contributed by atoms with E-state index < -0.39 is 8.07 Å². The first-order valence-electron chi connectivity index (χ1n) is 11.5.